The van der Waals surface area contributed by atoms with Gasteiger partial charge in [0.2, 0.25) is 0 Å². The summed E-state index contributed by atoms with van der Waals surface area (Å²) in [5, 5.41) is 5.31. The van der Waals surface area contributed by atoms with Crippen LogP contribution in [0.5, 0.6) is 0 Å². The predicted octanol–water partition coefficient (Wildman–Crippen LogP) is 4.05. The highest BCUT2D eigenvalue weighted by Gasteiger charge is 2.20. The quantitative estimate of drug-likeness (QED) is 0.648. The van der Waals surface area contributed by atoms with Crippen molar-refractivity contribution in [2.24, 2.45) is 0 Å². The third-order valence-corrected chi connectivity index (χ3v) is 4.97. The van der Waals surface area contributed by atoms with Gasteiger partial charge in [-0.1, -0.05) is 12.1 Å². The van der Waals surface area contributed by atoms with Gasteiger partial charge in [-0.3, -0.25) is 4.79 Å². The van der Waals surface area contributed by atoms with Crippen LogP contribution >= 0.6 is 0 Å². The molecule has 3 rings (SSSR count). The highest BCUT2D eigenvalue weighted by Crippen LogP contribution is 2.21. The van der Waals surface area contributed by atoms with E-state index in [1.807, 2.05) is 43.6 Å². The first-order chi connectivity index (χ1) is 13.3. The number of benzene rings is 1. The van der Waals surface area contributed by atoms with Crippen LogP contribution in [0.3, 0.4) is 0 Å². The number of hydrogen-bond acceptors (Lipinski definition) is 4. The molecule has 3 aromatic rings. The Morgan fingerprint density at radius 1 is 1.18 bits per heavy atom. The number of carbonyl (C=O) groups is 1. The van der Waals surface area contributed by atoms with E-state index in [1.54, 1.807) is 6.20 Å². The van der Waals surface area contributed by atoms with Crippen molar-refractivity contribution in [1.82, 2.24) is 19.7 Å². The van der Waals surface area contributed by atoms with Gasteiger partial charge in [0.05, 0.1) is 17.5 Å². The van der Waals surface area contributed by atoms with Gasteiger partial charge in [-0.2, -0.15) is 5.10 Å². The summed E-state index contributed by atoms with van der Waals surface area (Å²) in [5.41, 5.74) is 4.46. The molecular formula is C22H29N5O. The van der Waals surface area contributed by atoms with Crippen LogP contribution in [0.25, 0.3) is 11.0 Å². The summed E-state index contributed by atoms with van der Waals surface area (Å²) >= 11 is 0. The number of anilines is 1. The molecule has 148 valence electrons. The lowest BCUT2D eigenvalue weighted by molar-refractivity contribution is 0.0751. The first-order valence-corrected chi connectivity index (χ1v) is 9.72. The molecule has 28 heavy (non-hydrogen) atoms. The van der Waals surface area contributed by atoms with Gasteiger partial charge in [0.25, 0.3) is 5.91 Å². The Bertz CT molecular complexity index is 973. The number of carbonyl (C=O) groups excluding carboxylic acids is 1. The largest absolute Gasteiger partial charge is 0.378 e. The molecular weight excluding hydrogens is 350 g/mol. The van der Waals surface area contributed by atoms with Gasteiger partial charge in [0.15, 0.2) is 5.65 Å². The van der Waals surface area contributed by atoms with E-state index in [2.05, 4.69) is 53.1 Å². The number of pyridine rings is 1. The average molecular weight is 380 g/mol. The number of aryl methyl sites for hydroxylation is 1. The topological polar surface area (TPSA) is 54.3 Å². The van der Waals surface area contributed by atoms with E-state index in [-0.39, 0.29) is 11.9 Å². The highest BCUT2D eigenvalue weighted by atomic mass is 16.2. The number of amides is 1. The molecule has 0 atom stereocenters. The molecule has 0 unspecified atom stereocenters. The van der Waals surface area contributed by atoms with Crippen molar-refractivity contribution in [3.05, 3.63) is 53.3 Å². The standard InChI is InChI=1S/C22H29N5O/c1-7-26(14-17-8-10-19(11-9-17)25(5)6)22(28)20-12-18-13-23-27(15(2)3)21(18)24-16(20)4/h8-13,15H,7,14H2,1-6H3. The molecule has 1 aromatic carbocycles. The van der Waals surface area contributed by atoms with Crippen LogP contribution in [-0.2, 0) is 6.54 Å². The first kappa shape index (κ1) is 19.9. The van der Waals surface area contributed by atoms with Gasteiger partial charge in [-0.05, 0) is 51.5 Å². The molecule has 6 heteroatoms. The van der Waals surface area contributed by atoms with Crippen molar-refractivity contribution in [3.63, 3.8) is 0 Å². The second-order valence-electron chi connectivity index (χ2n) is 7.60. The Morgan fingerprint density at radius 2 is 1.86 bits per heavy atom. The second-order valence-corrected chi connectivity index (χ2v) is 7.60. The lowest BCUT2D eigenvalue weighted by Gasteiger charge is -2.22. The third-order valence-electron chi connectivity index (χ3n) is 4.97. The molecule has 0 fully saturated rings. The molecule has 0 aliphatic heterocycles. The summed E-state index contributed by atoms with van der Waals surface area (Å²) in [6.45, 7) is 9.25. The minimum atomic E-state index is 0.00313. The maximum Gasteiger partial charge on any atom is 0.256 e. The summed E-state index contributed by atoms with van der Waals surface area (Å²) in [6, 6.07) is 10.4. The fourth-order valence-electron chi connectivity index (χ4n) is 3.28. The molecule has 1 amide bonds. The van der Waals surface area contributed by atoms with Crippen molar-refractivity contribution in [2.45, 2.75) is 40.3 Å². The average Bonchev–Trinajstić information content (AvgIpc) is 3.08. The molecule has 0 N–H and O–H groups in total. The number of fused-ring (bicyclic) bond motifs is 1. The zero-order valence-corrected chi connectivity index (χ0v) is 17.6. The number of rotatable bonds is 6. The van der Waals surface area contributed by atoms with E-state index < -0.39 is 0 Å². The van der Waals surface area contributed by atoms with E-state index in [0.717, 1.165) is 28.0 Å². The number of hydrogen-bond donors (Lipinski definition) is 0. The minimum absolute atomic E-state index is 0.00313. The van der Waals surface area contributed by atoms with Gasteiger partial charge in [0.1, 0.15) is 0 Å². The van der Waals surface area contributed by atoms with Crippen LogP contribution in [0.4, 0.5) is 5.69 Å². The van der Waals surface area contributed by atoms with Crippen molar-refractivity contribution in [1.29, 1.82) is 0 Å². The van der Waals surface area contributed by atoms with Crippen LogP contribution in [0.15, 0.2) is 36.5 Å². The smallest absolute Gasteiger partial charge is 0.256 e. The second kappa shape index (κ2) is 8.00. The zero-order valence-electron chi connectivity index (χ0n) is 17.6. The molecule has 2 heterocycles. The minimum Gasteiger partial charge on any atom is -0.378 e. The van der Waals surface area contributed by atoms with Crippen LogP contribution in [0.1, 0.15) is 48.4 Å². The normalized spacial score (nSPS) is 11.2. The van der Waals surface area contributed by atoms with Gasteiger partial charge in [0, 0.05) is 44.3 Å². The number of aromatic nitrogens is 3. The predicted molar refractivity (Wildman–Crippen MR) is 114 cm³/mol. The summed E-state index contributed by atoms with van der Waals surface area (Å²) in [7, 11) is 4.04. The molecule has 0 aliphatic carbocycles. The summed E-state index contributed by atoms with van der Waals surface area (Å²) < 4.78 is 1.89. The molecule has 0 saturated heterocycles. The van der Waals surface area contributed by atoms with Crippen LogP contribution in [-0.4, -0.2) is 46.2 Å². The Hall–Kier alpha value is -2.89. The summed E-state index contributed by atoms with van der Waals surface area (Å²) in [5.74, 6) is 0.00313. The zero-order chi connectivity index (χ0) is 20.4. The lowest BCUT2D eigenvalue weighted by Crippen LogP contribution is -2.31. The Morgan fingerprint density at radius 3 is 2.43 bits per heavy atom. The molecule has 0 bridgehead atoms. The van der Waals surface area contributed by atoms with Crippen LogP contribution in [0, 0.1) is 6.92 Å². The van der Waals surface area contributed by atoms with Crippen molar-refractivity contribution in [3.8, 4) is 0 Å². The van der Waals surface area contributed by atoms with E-state index in [0.29, 0.717) is 18.7 Å². The highest BCUT2D eigenvalue weighted by molar-refractivity contribution is 5.98. The fourth-order valence-corrected chi connectivity index (χ4v) is 3.28. The molecule has 6 nitrogen and oxygen atoms in total. The Labute approximate surface area is 166 Å². The Balaban J connectivity index is 1.87. The lowest BCUT2D eigenvalue weighted by atomic mass is 10.1. The maximum atomic E-state index is 13.2. The first-order valence-electron chi connectivity index (χ1n) is 9.72. The monoisotopic (exact) mass is 379 g/mol. The SMILES string of the molecule is CCN(Cc1ccc(N(C)C)cc1)C(=O)c1cc2cnn(C(C)C)c2nc1C. The number of nitrogens with zero attached hydrogens (tertiary/aromatic N) is 5. The molecule has 2 aromatic heterocycles. The van der Waals surface area contributed by atoms with Gasteiger partial charge in [-0.25, -0.2) is 9.67 Å². The van der Waals surface area contributed by atoms with Crippen molar-refractivity contribution in [2.75, 3.05) is 25.5 Å². The van der Waals surface area contributed by atoms with E-state index in [9.17, 15) is 4.79 Å². The van der Waals surface area contributed by atoms with E-state index in [4.69, 9.17) is 0 Å². The molecule has 0 spiro atoms. The van der Waals surface area contributed by atoms with Gasteiger partial charge >= 0.3 is 0 Å². The Kier molecular flexibility index (Phi) is 5.68. The molecule has 0 aliphatic rings. The van der Waals surface area contributed by atoms with E-state index >= 15 is 0 Å². The fraction of sp³-hybridized carbons (Fsp3) is 0.409. The van der Waals surface area contributed by atoms with Crippen molar-refractivity contribution >= 4 is 22.6 Å². The molecule has 0 saturated carbocycles. The van der Waals surface area contributed by atoms with Crippen LogP contribution in [0.2, 0.25) is 0 Å². The van der Waals surface area contributed by atoms with Crippen LogP contribution < -0.4 is 4.90 Å². The van der Waals surface area contributed by atoms with Crippen molar-refractivity contribution < 1.29 is 4.79 Å². The summed E-state index contributed by atoms with van der Waals surface area (Å²) in [6.07, 6.45) is 1.79. The maximum absolute atomic E-state index is 13.2. The van der Waals surface area contributed by atoms with Gasteiger partial charge < -0.3 is 9.80 Å². The third kappa shape index (κ3) is 3.86. The molecule has 0 radical (unpaired) electrons. The van der Waals surface area contributed by atoms with E-state index in [1.165, 1.54) is 0 Å². The summed E-state index contributed by atoms with van der Waals surface area (Å²) in [4.78, 5) is 21.8. The van der Waals surface area contributed by atoms with Gasteiger partial charge in [-0.15, -0.1) is 0 Å².